The molecule has 6 heteroatoms. The molecule has 1 amide bonds. The molecular formula is C26H25N3O2S. The summed E-state index contributed by atoms with van der Waals surface area (Å²) in [4.78, 5) is 22.2. The maximum atomic E-state index is 13.0. The van der Waals surface area contributed by atoms with Crippen molar-refractivity contribution in [3.63, 3.8) is 0 Å². The molecule has 5 nitrogen and oxygen atoms in total. The van der Waals surface area contributed by atoms with Crippen LogP contribution in [0, 0.1) is 0 Å². The molecule has 0 bridgehead atoms. The lowest BCUT2D eigenvalue weighted by Crippen LogP contribution is -2.48. The Morgan fingerprint density at radius 2 is 1.72 bits per heavy atom. The van der Waals surface area contributed by atoms with Gasteiger partial charge in [0.1, 0.15) is 10.8 Å². The zero-order chi connectivity index (χ0) is 21.9. The fourth-order valence-electron chi connectivity index (χ4n) is 4.09. The molecule has 1 saturated heterocycles. The fraction of sp³-hybridized carbons (Fsp3) is 0.231. The molecule has 0 radical (unpaired) electrons. The standard InChI is InChI=1S/C26H25N3O2S/c1-31-24-10-8-20(9-11-24)25-27-23(18-32-25)17-28-12-14-29(15-13-28)26(30)22-7-6-19-4-2-3-5-21(19)16-22/h2-11,16,18H,12-15,17H2,1H3. The SMILES string of the molecule is COc1ccc(-c2nc(CN3CCN(C(=O)c4ccc5ccccc5c4)CC3)cs2)cc1. The third-order valence-electron chi connectivity index (χ3n) is 5.93. The summed E-state index contributed by atoms with van der Waals surface area (Å²) in [5, 5.41) is 5.42. The van der Waals surface area contributed by atoms with E-state index in [1.54, 1.807) is 18.4 Å². The number of ether oxygens (including phenoxy) is 1. The van der Waals surface area contributed by atoms with E-state index in [0.717, 1.165) is 71.1 Å². The molecule has 0 spiro atoms. The highest BCUT2D eigenvalue weighted by Crippen LogP contribution is 2.26. The molecule has 1 aliphatic heterocycles. The molecule has 162 valence electrons. The molecule has 0 atom stereocenters. The van der Waals surface area contributed by atoms with E-state index in [1.807, 2.05) is 59.5 Å². The summed E-state index contributed by atoms with van der Waals surface area (Å²) in [6.07, 6.45) is 0. The van der Waals surface area contributed by atoms with Gasteiger partial charge in [0.05, 0.1) is 12.8 Å². The first-order valence-electron chi connectivity index (χ1n) is 10.8. The van der Waals surface area contributed by atoms with Crippen LogP contribution in [0.4, 0.5) is 0 Å². The van der Waals surface area contributed by atoms with Crippen molar-refractivity contribution in [3.8, 4) is 16.3 Å². The third-order valence-corrected chi connectivity index (χ3v) is 6.87. The second-order valence-corrected chi connectivity index (χ2v) is 8.86. The fourth-order valence-corrected chi connectivity index (χ4v) is 4.91. The number of hydrogen-bond donors (Lipinski definition) is 0. The zero-order valence-corrected chi connectivity index (χ0v) is 18.8. The Bertz CT molecular complexity index is 1230. The average molecular weight is 444 g/mol. The van der Waals surface area contributed by atoms with Crippen LogP contribution < -0.4 is 4.74 Å². The van der Waals surface area contributed by atoms with Gasteiger partial charge in [0.15, 0.2) is 0 Å². The first-order valence-corrected chi connectivity index (χ1v) is 11.7. The van der Waals surface area contributed by atoms with Gasteiger partial charge in [0.25, 0.3) is 5.91 Å². The number of carbonyl (C=O) groups excluding carboxylic acids is 1. The van der Waals surface area contributed by atoms with Gasteiger partial charge >= 0.3 is 0 Å². The predicted octanol–water partition coefficient (Wildman–Crippen LogP) is 4.93. The highest BCUT2D eigenvalue weighted by atomic mass is 32.1. The number of methoxy groups -OCH3 is 1. The molecular weight excluding hydrogens is 418 g/mol. The van der Waals surface area contributed by atoms with E-state index < -0.39 is 0 Å². The second kappa shape index (κ2) is 9.10. The number of piperazine rings is 1. The van der Waals surface area contributed by atoms with Crippen molar-refractivity contribution in [1.82, 2.24) is 14.8 Å². The molecule has 0 aliphatic carbocycles. The smallest absolute Gasteiger partial charge is 0.253 e. The van der Waals surface area contributed by atoms with Crippen LogP contribution in [0.15, 0.2) is 72.1 Å². The van der Waals surface area contributed by atoms with Gasteiger partial charge in [-0.25, -0.2) is 4.98 Å². The van der Waals surface area contributed by atoms with Crippen molar-refractivity contribution in [2.45, 2.75) is 6.54 Å². The Morgan fingerprint density at radius 1 is 0.969 bits per heavy atom. The Labute approximate surface area is 191 Å². The Balaban J connectivity index is 1.18. The number of rotatable bonds is 5. The molecule has 0 saturated carbocycles. The molecule has 4 aromatic rings. The lowest BCUT2D eigenvalue weighted by molar-refractivity contribution is 0.0627. The van der Waals surface area contributed by atoms with Crippen molar-refractivity contribution < 1.29 is 9.53 Å². The van der Waals surface area contributed by atoms with Crippen LogP contribution >= 0.6 is 11.3 Å². The van der Waals surface area contributed by atoms with Crippen molar-refractivity contribution in [2.24, 2.45) is 0 Å². The lowest BCUT2D eigenvalue weighted by Gasteiger charge is -2.34. The largest absolute Gasteiger partial charge is 0.497 e. The minimum Gasteiger partial charge on any atom is -0.497 e. The number of nitrogens with zero attached hydrogens (tertiary/aromatic N) is 3. The van der Waals surface area contributed by atoms with Gasteiger partial charge in [0, 0.05) is 49.2 Å². The van der Waals surface area contributed by atoms with E-state index in [0.29, 0.717) is 0 Å². The summed E-state index contributed by atoms with van der Waals surface area (Å²) < 4.78 is 5.23. The molecule has 0 unspecified atom stereocenters. The maximum absolute atomic E-state index is 13.0. The molecule has 32 heavy (non-hydrogen) atoms. The molecule has 1 aromatic heterocycles. The van der Waals surface area contributed by atoms with Crippen LogP contribution in [-0.4, -0.2) is 54.0 Å². The quantitative estimate of drug-likeness (QED) is 0.439. The topological polar surface area (TPSA) is 45.7 Å². The van der Waals surface area contributed by atoms with Crippen LogP contribution in [-0.2, 0) is 6.54 Å². The van der Waals surface area contributed by atoms with E-state index in [2.05, 4.69) is 22.4 Å². The molecule has 0 N–H and O–H groups in total. The van der Waals surface area contributed by atoms with E-state index in [4.69, 9.17) is 9.72 Å². The van der Waals surface area contributed by atoms with E-state index in [-0.39, 0.29) is 5.91 Å². The normalized spacial score (nSPS) is 14.6. The maximum Gasteiger partial charge on any atom is 0.253 e. The van der Waals surface area contributed by atoms with Gasteiger partial charge in [-0.2, -0.15) is 0 Å². The molecule has 2 heterocycles. The van der Waals surface area contributed by atoms with Gasteiger partial charge < -0.3 is 9.64 Å². The van der Waals surface area contributed by atoms with Crippen molar-refractivity contribution in [1.29, 1.82) is 0 Å². The molecule has 5 rings (SSSR count). The van der Waals surface area contributed by atoms with Crippen molar-refractivity contribution in [3.05, 3.63) is 83.4 Å². The van der Waals surface area contributed by atoms with Gasteiger partial charge in [0.2, 0.25) is 0 Å². The van der Waals surface area contributed by atoms with Crippen molar-refractivity contribution in [2.75, 3.05) is 33.3 Å². The Morgan fingerprint density at radius 3 is 2.47 bits per heavy atom. The third kappa shape index (κ3) is 4.38. The minimum atomic E-state index is 0.117. The minimum absolute atomic E-state index is 0.117. The van der Waals surface area contributed by atoms with Crippen LogP contribution in [0.25, 0.3) is 21.3 Å². The number of amides is 1. The van der Waals surface area contributed by atoms with Crippen LogP contribution in [0.1, 0.15) is 16.1 Å². The van der Waals surface area contributed by atoms with Gasteiger partial charge in [-0.05, 0) is 47.2 Å². The highest BCUT2D eigenvalue weighted by molar-refractivity contribution is 7.13. The van der Waals surface area contributed by atoms with Crippen molar-refractivity contribution >= 4 is 28.0 Å². The summed E-state index contributed by atoms with van der Waals surface area (Å²) in [6.45, 7) is 4.00. The number of aromatic nitrogens is 1. The lowest BCUT2D eigenvalue weighted by atomic mass is 10.1. The Hall–Kier alpha value is -3.22. The average Bonchev–Trinajstić information content (AvgIpc) is 3.32. The number of carbonyl (C=O) groups is 1. The second-order valence-electron chi connectivity index (χ2n) is 8.00. The van der Waals surface area contributed by atoms with Crippen LogP contribution in [0.5, 0.6) is 5.75 Å². The number of fused-ring (bicyclic) bond motifs is 1. The monoisotopic (exact) mass is 443 g/mol. The number of benzene rings is 3. The summed E-state index contributed by atoms with van der Waals surface area (Å²) in [6, 6.07) is 22.1. The Kier molecular flexibility index (Phi) is 5.88. The molecule has 1 aliphatic rings. The molecule has 1 fully saturated rings. The van der Waals surface area contributed by atoms with Gasteiger partial charge in [-0.3, -0.25) is 9.69 Å². The predicted molar refractivity (Wildman–Crippen MR) is 129 cm³/mol. The van der Waals surface area contributed by atoms with E-state index in [1.165, 1.54) is 0 Å². The molecule has 3 aromatic carbocycles. The summed E-state index contributed by atoms with van der Waals surface area (Å²) in [7, 11) is 1.67. The van der Waals surface area contributed by atoms with Crippen LogP contribution in [0.3, 0.4) is 0 Å². The first kappa shape index (κ1) is 20.7. The summed E-state index contributed by atoms with van der Waals surface area (Å²) in [5.41, 5.74) is 2.95. The zero-order valence-electron chi connectivity index (χ0n) is 18.0. The van der Waals surface area contributed by atoms with E-state index in [9.17, 15) is 4.79 Å². The number of hydrogen-bond acceptors (Lipinski definition) is 5. The highest BCUT2D eigenvalue weighted by Gasteiger charge is 2.23. The van der Waals surface area contributed by atoms with Crippen LogP contribution in [0.2, 0.25) is 0 Å². The van der Waals surface area contributed by atoms with Gasteiger partial charge in [-0.15, -0.1) is 11.3 Å². The number of thiazole rings is 1. The first-order chi connectivity index (χ1) is 15.7. The summed E-state index contributed by atoms with van der Waals surface area (Å²) >= 11 is 1.67. The summed E-state index contributed by atoms with van der Waals surface area (Å²) in [5.74, 6) is 0.965. The van der Waals surface area contributed by atoms with E-state index >= 15 is 0 Å². The van der Waals surface area contributed by atoms with Gasteiger partial charge in [-0.1, -0.05) is 30.3 Å².